The lowest BCUT2D eigenvalue weighted by atomic mass is 10.1. The van der Waals surface area contributed by atoms with Gasteiger partial charge in [-0.25, -0.2) is 5.43 Å². The van der Waals surface area contributed by atoms with E-state index in [1.807, 2.05) is 12.1 Å². The highest BCUT2D eigenvalue weighted by atomic mass is 16.5. The highest BCUT2D eigenvalue weighted by Gasteiger charge is 2.14. The Morgan fingerprint density at radius 2 is 1.70 bits per heavy atom. The molecule has 0 aliphatic heterocycles. The molecule has 0 atom stereocenters. The number of nitrogens with zero attached hydrogens (tertiary/aromatic N) is 2. The first-order valence-corrected chi connectivity index (χ1v) is 9.12. The largest absolute Gasteiger partial charge is 0.497 e. The van der Waals surface area contributed by atoms with E-state index in [1.165, 1.54) is 6.21 Å². The molecule has 0 radical (unpaired) electrons. The third kappa shape index (κ3) is 5.87. The van der Waals surface area contributed by atoms with Crippen molar-refractivity contribution in [2.75, 3.05) is 7.11 Å². The molecule has 1 aromatic heterocycles. The van der Waals surface area contributed by atoms with Gasteiger partial charge in [-0.15, -0.1) is 0 Å². The van der Waals surface area contributed by atoms with Crippen molar-refractivity contribution in [2.24, 2.45) is 5.10 Å². The fraction of sp³-hybridized carbons (Fsp3) is 0.0435. The molecule has 0 bridgehead atoms. The molecule has 0 fully saturated rings. The fourth-order valence-electron chi connectivity index (χ4n) is 2.48. The quantitative estimate of drug-likeness (QED) is 0.362. The molecule has 0 saturated heterocycles. The number of hydrogen-bond acceptors (Lipinski definition) is 5. The van der Waals surface area contributed by atoms with Crippen LogP contribution in [0.3, 0.4) is 0 Å². The zero-order chi connectivity index (χ0) is 21.2. The first-order chi connectivity index (χ1) is 14.7. The Hall–Kier alpha value is -4.26. The molecule has 0 aliphatic carbocycles. The number of rotatable bonds is 7. The van der Waals surface area contributed by atoms with Gasteiger partial charge in [0, 0.05) is 11.8 Å². The van der Waals surface area contributed by atoms with Crippen LogP contribution in [0.5, 0.6) is 5.75 Å². The van der Waals surface area contributed by atoms with E-state index in [2.05, 4.69) is 20.8 Å². The smallest absolute Gasteiger partial charge is 0.287 e. The minimum absolute atomic E-state index is 0.0483. The molecule has 0 aliphatic rings. The lowest BCUT2D eigenvalue weighted by Gasteiger charge is -2.09. The normalized spacial score (nSPS) is 11.2. The van der Waals surface area contributed by atoms with Gasteiger partial charge in [-0.2, -0.15) is 5.10 Å². The summed E-state index contributed by atoms with van der Waals surface area (Å²) in [5.74, 6) is -0.284. The number of benzene rings is 2. The summed E-state index contributed by atoms with van der Waals surface area (Å²) in [6.07, 6.45) is 4.60. The zero-order valence-electron chi connectivity index (χ0n) is 16.3. The summed E-state index contributed by atoms with van der Waals surface area (Å²) in [5, 5.41) is 6.56. The van der Waals surface area contributed by atoms with E-state index >= 15 is 0 Å². The summed E-state index contributed by atoms with van der Waals surface area (Å²) in [6.45, 7) is 0. The van der Waals surface area contributed by atoms with Crippen molar-refractivity contribution < 1.29 is 14.3 Å². The fourth-order valence-corrected chi connectivity index (χ4v) is 2.48. The first-order valence-electron chi connectivity index (χ1n) is 9.12. The Bertz CT molecular complexity index is 1050. The van der Waals surface area contributed by atoms with Crippen molar-refractivity contribution in [3.63, 3.8) is 0 Å². The molecule has 1 heterocycles. The van der Waals surface area contributed by atoms with Crippen LogP contribution in [0.4, 0.5) is 0 Å². The van der Waals surface area contributed by atoms with Crippen LogP contribution >= 0.6 is 0 Å². The molecule has 150 valence electrons. The number of hydrogen-bond donors (Lipinski definition) is 2. The number of methoxy groups -OCH3 is 1. The van der Waals surface area contributed by atoms with E-state index < -0.39 is 11.8 Å². The van der Waals surface area contributed by atoms with E-state index in [9.17, 15) is 9.59 Å². The van der Waals surface area contributed by atoms with Gasteiger partial charge in [-0.05, 0) is 48.0 Å². The van der Waals surface area contributed by atoms with Crippen LogP contribution in [0.15, 0.2) is 89.8 Å². The van der Waals surface area contributed by atoms with Gasteiger partial charge in [-0.1, -0.05) is 36.4 Å². The number of amides is 2. The number of aromatic nitrogens is 1. The zero-order valence-corrected chi connectivity index (χ0v) is 16.3. The number of hydrazone groups is 1. The maximum absolute atomic E-state index is 12.7. The van der Waals surface area contributed by atoms with Gasteiger partial charge in [0.2, 0.25) is 0 Å². The third-order valence-electron chi connectivity index (χ3n) is 4.01. The van der Waals surface area contributed by atoms with Crippen molar-refractivity contribution >= 4 is 24.1 Å². The lowest BCUT2D eigenvalue weighted by molar-refractivity contribution is -0.117. The monoisotopic (exact) mass is 400 g/mol. The van der Waals surface area contributed by atoms with Crippen LogP contribution in [0.1, 0.15) is 21.6 Å². The van der Waals surface area contributed by atoms with E-state index in [0.29, 0.717) is 22.6 Å². The van der Waals surface area contributed by atoms with Crippen LogP contribution in [0.25, 0.3) is 6.08 Å². The van der Waals surface area contributed by atoms with E-state index in [-0.39, 0.29) is 5.70 Å². The van der Waals surface area contributed by atoms with E-state index in [4.69, 9.17) is 4.74 Å². The standard InChI is InChI=1S/C23H20N4O3/c1-30-20-12-10-17(11-13-20)15-21(26-22(28)18-7-3-2-4-8-18)23(29)27-25-16-19-9-5-6-14-24-19/h2-16H,1H3,(H,26,28)(H,27,29). The summed E-state index contributed by atoms with van der Waals surface area (Å²) in [5.41, 5.74) is 4.20. The Kier molecular flexibility index (Phi) is 7.05. The van der Waals surface area contributed by atoms with Crippen molar-refractivity contribution in [3.05, 3.63) is 102 Å². The van der Waals surface area contributed by atoms with Crippen molar-refractivity contribution in [3.8, 4) is 5.75 Å². The summed E-state index contributed by atoms with van der Waals surface area (Å²) >= 11 is 0. The van der Waals surface area contributed by atoms with Crippen LogP contribution < -0.4 is 15.5 Å². The Labute approximate surface area is 174 Å². The summed E-state index contributed by atoms with van der Waals surface area (Å²) in [4.78, 5) is 29.3. The molecule has 0 spiro atoms. The average Bonchev–Trinajstić information content (AvgIpc) is 2.80. The van der Waals surface area contributed by atoms with Crippen molar-refractivity contribution in [2.45, 2.75) is 0 Å². The third-order valence-corrected chi connectivity index (χ3v) is 4.01. The van der Waals surface area contributed by atoms with Crippen LogP contribution in [0, 0.1) is 0 Å². The first kappa shape index (κ1) is 20.5. The molecule has 30 heavy (non-hydrogen) atoms. The predicted molar refractivity (Wildman–Crippen MR) is 115 cm³/mol. The van der Waals surface area contributed by atoms with Gasteiger partial charge >= 0.3 is 0 Å². The molecule has 0 unspecified atom stereocenters. The van der Waals surface area contributed by atoms with Crippen LogP contribution in [-0.2, 0) is 4.79 Å². The van der Waals surface area contributed by atoms with Crippen LogP contribution in [0.2, 0.25) is 0 Å². The molecular formula is C23H20N4O3. The Balaban J connectivity index is 1.80. The number of pyridine rings is 1. The van der Waals surface area contributed by atoms with Crippen molar-refractivity contribution in [1.29, 1.82) is 0 Å². The molecular weight excluding hydrogens is 380 g/mol. The molecule has 2 N–H and O–H groups in total. The second-order valence-corrected chi connectivity index (χ2v) is 6.11. The van der Waals surface area contributed by atoms with Gasteiger partial charge in [0.1, 0.15) is 11.4 Å². The SMILES string of the molecule is COc1ccc(C=C(NC(=O)c2ccccc2)C(=O)NN=Cc2ccccn2)cc1. The van der Waals surface area contributed by atoms with Gasteiger partial charge in [-0.3, -0.25) is 14.6 Å². The van der Waals surface area contributed by atoms with Crippen LogP contribution in [-0.4, -0.2) is 30.1 Å². The average molecular weight is 400 g/mol. The molecule has 0 saturated carbocycles. The van der Waals surface area contributed by atoms with E-state index in [1.54, 1.807) is 80.0 Å². The summed E-state index contributed by atoms with van der Waals surface area (Å²) < 4.78 is 5.14. The Morgan fingerprint density at radius 3 is 2.37 bits per heavy atom. The summed E-state index contributed by atoms with van der Waals surface area (Å²) in [7, 11) is 1.57. The Morgan fingerprint density at radius 1 is 0.967 bits per heavy atom. The molecule has 3 rings (SSSR count). The maximum Gasteiger partial charge on any atom is 0.287 e. The second kappa shape index (κ2) is 10.3. The number of nitrogens with one attached hydrogen (secondary N) is 2. The van der Waals surface area contributed by atoms with Gasteiger partial charge in [0.25, 0.3) is 11.8 Å². The minimum atomic E-state index is -0.567. The number of carbonyl (C=O) groups excluding carboxylic acids is 2. The van der Waals surface area contributed by atoms with Gasteiger partial charge in [0.15, 0.2) is 0 Å². The maximum atomic E-state index is 12.7. The molecule has 2 aromatic carbocycles. The second-order valence-electron chi connectivity index (χ2n) is 6.11. The number of carbonyl (C=O) groups is 2. The lowest BCUT2D eigenvalue weighted by Crippen LogP contribution is -2.32. The van der Waals surface area contributed by atoms with Crippen molar-refractivity contribution in [1.82, 2.24) is 15.7 Å². The molecule has 7 heteroatoms. The molecule has 7 nitrogen and oxygen atoms in total. The highest BCUT2D eigenvalue weighted by Crippen LogP contribution is 2.14. The molecule has 3 aromatic rings. The van der Waals surface area contributed by atoms with Gasteiger partial charge < -0.3 is 10.1 Å². The van der Waals surface area contributed by atoms with Gasteiger partial charge in [0.05, 0.1) is 19.0 Å². The minimum Gasteiger partial charge on any atom is -0.497 e. The topological polar surface area (TPSA) is 92.7 Å². The number of ether oxygens (including phenoxy) is 1. The predicted octanol–water partition coefficient (Wildman–Crippen LogP) is 3.01. The highest BCUT2D eigenvalue weighted by molar-refractivity contribution is 6.05. The summed E-state index contributed by atoms with van der Waals surface area (Å²) in [6, 6.07) is 21.1. The van der Waals surface area contributed by atoms with E-state index in [0.717, 1.165) is 0 Å². The molecule has 2 amide bonds.